The summed E-state index contributed by atoms with van der Waals surface area (Å²) in [6.45, 7) is 5.59. The van der Waals surface area contributed by atoms with Gasteiger partial charge in [0.1, 0.15) is 0 Å². The molecular weight excluding hydrogens is 254 g/mol. The Morgan fingerprint density at radius 3 is 2.50 bits per heavy atom. The quantitative estimate of drug-likeness (QED) is 0.814. The highest BCUT2D eigenvalue weighted by Gasteiger charge is 2.03. The highest BCUT2D eigenvalue weighted by atomic mass is 16.1. The van der Waals surface area contributed by atoms with Crippen LogP contribution >= 0.6 is 0 Å². The summed E-state index contributed by atoms with van der Waals surface area (Å²) in [4.78, 5) is 15.5. The van der Waals surface area contributed by atoms with E-state index in [1.807, 2.05) is 26.0 Å². The molecule has 104 valence electrons. The topological polar surface area (TPSA) is 79.8 Å². The fraction of sp³-hybridized carbons (Fsp3) is 0.286. The van der Waals surface area contributed by atoms with E-state index in [1.165, 1.54) is 6.92 Å². The molecule has 0 amide bonds. The summed E-state index contributed by atoms with van der Waals surface area (Å²) in [6, 6.07) is 7.41. The normalized spacial score (nSPS) is 10.4. The number of hydrogen-bond donors (Lipinski definition) is 2. The number of carbonyl (C=O) groups is 1. The molecule has 2 rings (SSSR count). The number of benzene rings is 1. The molecule has 2 aromatic rings. The first-order chi connectivity index (χ1) is 9.54. The van der Waals surface area contributed by atoms with Crippen molar-refractivity contribution in [3.8, 4) is 0 Å². The average Bonchev–Trinajstić information content (AvgIpc) is 2.39. The van der Waals surface area contributed by atoms with E-state index in [0.29, 0.717) is 17.3 Å². The highest BCUT2D eigenvalue weighted by molar-refractivity contribution is 5.94. The van der Waals surface area contributed by atoms with E-state index < -0.39 is 0 Å². The number of carbonyl (C=O) groups excluding carboxylic acids is 1. The van der Waals surface area contributed by atoms with E-state index in [-0.39, 0.29) is 11.8 Å². The number of nitrogens with one attached hydrogen (secondary N) is 2. The third-order valence-corrected chi connectivity index (χ3v) is 2.54. The Labute approximate surface area is 117 Å². The third-order valence-electron chi connectivity index (χ3n) is 2.54. The maximum Gasteiger partial charge on any atom is 0.249 e. The van der Waals surface area contributed by atoms with Crippen LogP contribution in [-0.4, -0.2) is 27.0 Å². The Hall–Kier alpha value is -2.50. The van der Waals surface area contributed by atoms with Gasteiger partial charge < -0.3 is 10.6 Å². The average molecular weight is 271 g/mol. The maximum absolute atomic E-state index is 11.2. The summed E-state index contributed by atoms with van der Waals surface area (Å²) in [5.41, 5.74) is 1.48. The van der Waals surface area contributed by atoms with Gasteiger partial charge in [0.05, 0.1) is 6.20 Å². The van der Waals surface area contributed by atoms with E-state index in [0.717, 1.165) is 5.69 Å². The zero-order chi connectivity index (χ0) is 14.5. The number of anilines is 3. The Morgan fingerprint density at radius 2 is 1.90 bits per heavy atom. The number of ketones is 1. The van der Waals surface area contributed by atoms with Gasteiger partial charge in [0.2, 0.25) is 5.95 Å². The highest BCUT2D eigenvalue weighted by Crippen LogP contribution is 2.15. The Balaban J connectivity index is 2.11. The van der Waals surface area contributed by atoms with E-state index >= 15 is 0 Å². The molecule has 0 radical (unpaired) electrons. The van der Waals surface area contributed by atoms with Gasteiger partial charge in [-0.15, -0.1) is 5.10 Å². The van der Waals surface area contributed by atoms with Crippen molar-refractivity contribution in [2.24, 2.45) is 0 Å². The van der Waals surface area contributed by atoms with Crippen LogP contribution in [0.2, 0.25) is 0 Å². The predicted molar refractivity (Wildman–Crippen MR) is 78.3 cm³/mol. The zero-order valence-electron chi connectivity index (χ0n) is 11.7. The summed E-state index contributed by atoms with van der Waals surface area (Å²) in [5, 5.41) is 14.0. The largest absolute Gasteiger partial charge is 0.366 e. The first kappa shape index (κ1) is 13.9. The second kappa shape index (κ2) is 6.10. The van der Waals surface area contributed by atoms with Crippen LogP contribution < -0.4 is 10.6 Å². The number of rotatable bonds is 5. The van der Waals surface area contributed by atoms with E-state index in [2.05, 4.69) is 25.8 Å². The lowest BCUT2D eigenvalue weighted by molar-refractivity contribution is 0.101. The monoisotopic (exact) mass is 271 g/mol. The van der Waals surface area contributed by atoms with Crippen molar-refractivity contribution in [2.75, 3.05) is 10.6 Å². The van der Waals surface area contributed by atoms with Crippen LogP contribution in [-0.2, 0) is 0 Å². The van der Waals surface area contributed by atoms with E-state index in [4.69, 9.17) is 0 Å². The molecule has 0 fully saturated rings. The lowest BCUT2D eigenvalue weighted by atomic mass is 10.1. The summed E-state index contributed by atoms with van der Waals surface area (Å²) in [6.07, 6.45) is 1.57. The van der Waals surface area contributed by atoms with Gasteiger partial charge in [0.15, 0.2) is 11.6 Å². The predicted octanol–water partition coefficient (Wildman–Crippen LogP) is 2.64. The van der Waals surface area contributed by atoms with Crippen molar-refractivity contribution in [3.05, 3.63) is 36.0 Å². The van der Waals surface area contributed by atoms with Gasteiger partial charge in [0, 0.05) is 17.3 Å². The fourth-order valence-corrected chi connectivity index (χ4v) is 1.64. The maximum atomic E-state index is 11.2. The van der Waals surface area contributed by atoms with Crippen LogP contribution in [0.15, 0.2) is 30.5 Å². The van der Waals surface area contributed by atoms with Gasteiger partial charge in [-0.2, -0.15) is 10.1 Å². The lowest BCUT2D eigenvalue weighted by Gasteiger charge is -2.09. The van der Waals surface area contributed by atoms with Crippen molar-refractivity contribution in [2.45, 2.75) is 26.8 Å². The number of Topliss-reactive ketones (excluding diaryl/α,β-unsaturated/α-hetero) is 1. The SMILES string of the molecule is CC(=O)c1ccc(Nc2nncc(NC(C)C)n2)cc1. The van der Waals surface area contributed by atoms with Crippen LogP contribution in [0.3, 0.4) is 0 Å². The summed E-state index contributed by atoms with van der Waals surface area (Å²) >= 11 is 0. The minimum atomic E-state index is 0.0394. The molecule has 0 aliphatic rings. The molecule has 1 heterocycles. The van der Waals surface area contributed by atoms with Gasteiger partial charge >= 0.3 is 0 Å². The van der Waals surface area contributed by atoms with E-state index in [9.17, 15) is 4.79 Å². The molecule has 0 unspecified atom stereocenters. The fourth-order valence-electron chi connectivity index (χ4n) is 1.64. The third kappa shape index (κ3) is 3.74. The molecule has 1 aromatic heterocycles. The molecule has 2 N–H and O–H groups in total. The van der Waals surface area contributed by atoms with Crippen molar-refractivity contribution >= 4 is 23.2 Å². The second-order valence-corrected chi connectivity index (χ2v) is 4.72. The van der Waals surface area contributed by atoms with Crippen LogP contribution in [0, 0.1) is 0 Å². The number of hydrogen-bond acceptors (Lipinski definition) is 6. The van der Waals surface area contributed by atoms with Crippen molar-refractivity contribution < 1.29 is 4.79 Å². The lowest BCUT2D eigenvalue weighted by Crippen LogP contribution is -2.12. The molecule has 0 saturated heterocycles. The minimum absolute atomic E-state index is 0.0394. The molecule has 6 nitrogen and oxygen atoms in total. The van der Waals surface area contributed by atoms with Crippen LogP contribution in [0.4, 0.5) is 17.5 Å². The molecule has 0 spiro atoms. The van der Waals surface area contributed by atoms with Crippen LogP contribution in [0.25, 0.3) is 0 Å². The first-order valence-corrected chi connectivity index (χ1v) is 6.39. The van der Waals surface area contributed by atoms with Gasteiger partial charge in [0.25, 0.3) is 0 Å². The molecular formula is C14H17N5O. The molecule has 0 atom stereocenters. The molecule has 0 bridgehead atoms. The van der Waals surface area contributed by atoms with Gasteiger partial charge in [-0.1, -0.05) is 0 Å². The van der Waals surface area contributed by atoms with Crippen molar-refractivity contribution in [3.63, 3.8) is 0 Å². The van der Waals surface area contributed by atoms with Crippen LogP contribution in [0.1, 0.15) is 31.1 Å². The zero-order valence-corrected chi connectivity index (χ0v) is 11.7. The van der Waals surface area contributed by atoms with Crippen molar-refractivity contribution in [1.82, 2.24) is 15.2 Å². The molecule has 0 saturated carbocycles. The minimum Gasteiger partial charge on any atom is -0.366 e. The van der Waals surface area contributed by atoms with Gasteiger partial charge in [-0.25, -0.2) is 0 Å². The van der Waals surface area contributed by atoms with Gasteiger partial charge in [-0.3, -0.25) is 4.79 Å². The Morgan fingerprint density at radius 1 is 1.20 bits per heavy atom. The molecule has 0 aliphatic carbocycles. The van der Waals surface area contributed by atoms with Gasteiger partial charge in [-0.05, 0) is 45.0 Å². The summed E-state index contributed by atoms with van der Waals surface area (Å²) < 4.78 is 0. The standard InChI is InChI=1S/C14H17N5O/c1-9(2)16-13-8-15-19-14(18-13)17-12-6-4-11(5-7-12)10(3)20/h4-9H,1-3H3,(H2,16,17,18,19). The summed E-state index contributed by atoms with van der Waals surface area (Å²) in [5.74, 6) is 1.11. The second-order valence-electron chi connectivity index (χ2n) is 4.72. The molecule has 1 aromatic carbocycles. The Bertz CT molecular complexity index is 595. The molecule has 20 heavy (non-hydrogen) atoms. The molecule has 6 heteroatoms. The van der Waals surface area contributed by atoms with Crippen molar-refractivity contribution in [1.29, 1.82) is 0 Å². The Kier molecular flexibility index (Phi) is 4.24. The number of aromatic nitrogens is 3. The first-order valence-electron chi connectivity index (χ1n) is 6.39. The number of nitrogens with zero attached hydrogens (tertiary/aromatic N) is 3. The molecule has 0 aliphatic heterocycles. The van der Waals surface area contributed by atoms with Crippen LogP contribution in [0.5, 0.6) is 0 Å². The smallest absolute Gasteiger partial charge is 0.249 e. The van der Waals surface area contributed by atoms with E-state index in [1.54, 1.807) is 18.3 Å². The summed E-state index contributed by atoms with van der Waals surface area (Å²) in [7, 11) is 0.